The van der Waals surface area contributed by atoms with Gasteiger partial charge in [-0.3, -0.25) is 14.5 Å². The van der Waals surface area contributed by atoms with Crippen LogP contribution in [0.1, 0.15) is 16.7 Å². The van der Waals surface area contributed by atoms with Gasteiger partial charge in [-0.15, -0.1) is 0 Å². The summed E-state index contributed by atoms with van der Waals surface area (Å²) in [7, 11) is 1.54. The van der Waals surface area contributed by atoms with Crippen LogP contribution < -0.4 is 9.47 Å². The van der Waals surface area contributed by atoms with Crippen molar-refractivity contribution in [3.05, 3.63) is 98.4 Å². The Hall–Kier alpha value is -2.93. The molecule has 1 heterocycles. The molecular formula is C26H21Cl2NO4S. The molecule has 3 aromatic rings. The molecule has 5 nitrogen and oxygen atoms in total. The predicted molar refractivity (Wildman–Crippen MR) is 137 cm³/mol. The Morgan fingerprint density at radius 2 is 1.76 bits per heavy atom. The maximum absolute atomic E-state index is 12.8. The average molecular weight is 514 g/mol. The first-order valence-electron chi connectivity index (χ1n) is 10.5. The number of benzene rings is 3. The molecule has 1 fully saturated rings. The number of nitrogens with zero attached hydrogens (tertiary/aromatic N) is 1. The lowest BCUT2D eigenvalue weighted by molar-refractivity contribution is -0.122. The zero-order valence-electron chi connectivity index (χ0n) is 18.3. The summed E-state index contributed by atoms with van der Waals surface area (Å²) in [5.74, 6) is 0.742. The average Bonchev–Trinajstić information content (AvgIpc) is 3.10. The first-order chi connectivity index (χ1) is 16.4. The van der Waals surface area contributed by atoms with Crippen LogP contribution in [0.15, 0.2) is 71.6 Å². The van der Waals surface area contributed by atoms with Crippen molar-refractivity contribution in [1.29, 1.82) is 0 Å². The van der Waals surface area contributed by atoms with E-state index < -0.39 is 0 Å². The summed E-state index contributed by atoms with van der Waals surface area (Å²) in [6.07, 6.45) is 2.30. The van der Waals surface area contributed by atoms with Gasteiger partial charge in [-0.25, -0.2) is 0 Å². The van der Waals surface area contributed by atoms with Crippen molar-refractivity contribution in [3.63, 3.8) is 0 Å². The molecule has 0 atom stereocenters. The minimum atomic E-state index is -0.289. The summed E-state index contributed by atoms with van der Waals surface area (Å²) in [4.78, 5) is 26.9. The SMILES string of the molecule is COc1cc(/C=C2\SC(=O)N(CCc3ccccc3)C2=O)ccc1OCc1ccc(Cl)cc1Cl. The third kappa shape index (κ3) is 5.76. The lowest BCUT2D eigenvalue weighted by atomic mass is 10.1. The van der Waals surface area contributed by atoms with Crippen molar-refractivity contribution in [3.8, 4) is 11.5 Å². The molecule has 0 aliphatic carbocycles. The fourth-order valence-electron chi connectivity index (χ4n) is 3.42. The van der Waals surface area contributed by atoms with E-state index in [2.05, 4.69) is 0 Å². The molecule has 8 heteroatoms. The van der Waals surface area contributed by atoms with E-state index >= 15 is 0 Å². The van der Waals surface area contributed by atoms with Gasteiger partial charge in [-0.1, -0.05) is 65.7 Å². The number of imide groups is 1. The Balaban J connectivity index is 1.45. The third-order valence-corrected chi connectivity index (χ3v) is 6.72. The Labute approximate surface area is 212 Å². The van der Waals surface area contributed by atoms with Gasteiger partial charge >= 0.3 is 0 Å². The maximum atomic E-state index is 12.8. The van der Waals surface area contributed by atoms with Gasteiger partial charge in [-0.2, -0.15) is 0 Å². The van der Waals surface area contributed by atoms with Crippen molar-refractivity contribution in [2.75, 3.05) is 13.7 Å². The second-order valence-electron chi connectivity index (χ2n) is 7.50. The molecule has 34 heavy (non-hydrogen) atoms. The molecule has 1 saturated heterocycles. The van der Waals surface area contributed by atoms with Crippen molar-refractivity contribution in [1.82, 2.24) is 4.90 Å². The van der Waals surface area contributed by atoms with Crippen LogP contribution in [0.25, 0.3) is 6.08 Å². The number of ether oxygens (including phenoxy) is 2. The number of hydrogen-bond acceptors (Lipinski definition) is 5. The topological polar surface area (TPSA) is 55.8 Å². The molecule has 1 aliphatic heterocycles. The van der Waals surface area contributed by atoms with Crippen LogP contribution in [-0.2, 0) is 17.8 Å². The lowest BCUT2D eigenvalue weighted by Gasteiger charge is -2.13. The largest absolute Gasteiger partial charge is 0.493 e. The summed E-state index contributed by atoms with van der Waals surface area (Å²) >= 11 is 13.1. The number of rotatable bonds is 8. The van der Waals surface area contributed by atoms with E-state index in [1.165, 1.54) is 4.90 Å². The summed E-state index contributed by atoms with van der Waals surface area (Å²) in [5, 5.41) is 0.810. The summed E-state index contributed by atoms with van der Waals surface area (Å²) in [6, 6.07) is 20.3. The standard InChI is InChI=1S/C26H21Cl2NO4S/c1-32-23-13-18(7-10-22(23)33-16-19-8-9-20(27)15-21(19)28)14-24-25(30)29(26(31)34-24)12-11-17-5-3-2-4-6-17/h2-10,13-15H,11-12,16H2,1H3/b24-14-. The second-order valence-corrected chi connectivity index (χ2v) is 9.34. The van der Waals surface area contributed by atoms with Crippen LogP contribution >= 0.6 is 35.0 Å². The molecule has 0 bridgehead atoms. The lowest BCUT2D eigenvalue weighted by Crippen LogP contribution is -2.30. The van der Waals surface area contributed by atoms with E-state index in [9.17, 15) is 9.59 Å². The molecule has 0 unspecified atom stereocenters. The third-order valence-electron chi connectivity index (χ3n) is 5.22. The van der Waals surface area contributed by atoms with Gasteiger partial charge in [0.1, 0.15) is 6.61 Å². The quantitative estimate of drug-likeness (QED) is 0.308. The molecule has 4 rings (SSSR count). The van der Waals surface area contributed by atoms with Gasteiger partial charge in [-0.05, 0) is 59.7 Å². The Morgan fingerprint density at radius 1 is 0.971 bits per heavy atom. The first kappa shape index (κ1) is 24.2. The first-order valence-corrected chi connectivity index (χ1v) is 12.1. The number of methoxy groups -OCH3 is 1. The van der Waals surface area contributed by atoms with Gasteiger partial charge in [0.25, 0.3) is 11.1 Å². The molecule has 174 valence electrons. The Kier molecular flexibility index (Phi) is 7.83. The second kappa shape index (κ2) is 11.0. The van der Waals surface area contributed by atoms with Crippen LogP contribution in [-0.4, -0.2) is 29.7 Å². The minimum absolute atomic E-state index is 0.242. The zero-order chi connectivity index (χ0) is 24.1. The Bertz CT molecular complexity index is 1250. The highest BCUT2D eigenvalue weighted by Gasteiger charge is 2.34. The number of amides is 2. The van der Waals surface area contributed by atoms with Gasteiger partial charge in [0.05, 0.1) is 12.0 Å². The summed E-state index contributed by atoms with van der Waals surface area (Å²) in [6.45, 7) is 0.585. The van der Waals surface area contributed by atoms with E-state index in [0.717, 1.165) is 28.5 Å². The van der Waals surface area contributed by atoms with Crippen LogP contribution in [0, 0.1) is 0 Å². The molecule has 1 aliphatic rings. The van der Waals surface area contributed by atoms with Gasteiger partial charge in [0.15, 0.2) is 11.5 Å². The van der Waals surface area contributed by atoms with Crippen LogP contribution in [0.2, 0.25) is 10.0 Å². The van der Waals surface area contributed by atoms with Crippen molar-refractivity contribution in [2.45, 2.75) is 13.0 Å². The molecule has 0 N–H and O–H groups in total. The molecule has 0 spiro atoms. The number of halogens is 2. The summed E-state index contributed by atoms with van der Waals surface area (Å²) < 4.78 is 11.3. The Morgan fingerprint density at radius 3 is 2.50 bits per heavy atom. The molecule has 3 aromatic carbocycles. The highest BCUT2D eigenvalue weighted by atomic mass is 35.5. The van der Waals surface area contributed by atoms with E-state index in [0.29, 0.717) is 39.4 Å². The van der Waals surface area contributed by atoms with E-state index in [1.54, 1.807) is 49.6 Å². The monoisotopic (exact) mass is 513 g/mol. The molecule has 0 aromatic heterocycles. The van der Waals surface area contributed by atoms with E-state index in [4.69, 9.17) is 32.7 Å². The minimum Gasteiger partial charge on any atom is -0.493 e. The molecule has 2 amide bonds. The van der Waals surface area contributed by atoms with E-state index in [-0.39, 0.29) is 17.8 Å². The van der Waals surface area contributed by atoms with Gasteiger partial charge < -0.3 is 9.47 Å². The van der Waals surface area contributed by atoms with E-state index in [1.807, 2.05) is 30.3 Å². The predicted octanol–water partition coefficient (Wildman–Crippen LogP) is 6.86. The zero-order valence-corrected chi connectivity index (χ0v) is 20.6. The molecule has 0 radical (unpaired) electrons. The van der Waals surface area contributed by atoms with Crippen molar-refractivity contribution in [2.24, 2.45) is 0 Å². The maximum Gasteiger partial charge on any atom is 0.293 e. The fraction of sp³-hybridized carbons (Fsp3) is 0.154. The molecule has 0 saturated carbocycles. The number of hydrogen-bond donors (Lipinski definition) is 0. The van der Waals surface area contributed by atoms with Crippen LogP contribution in [0.3, 0.4) is 0 Å². The van der Waals surface area contributed by atoms with Gasteiger partial charge in [0, 0.05) is 22.2 Å². The highest BCUT2D eigenvalue weighted by Crippen LogP contribution is 2.35. The normalized spacial score (nSPS) is 14.7. The van der Waals surface area contributed by atoms with Gasteiger partial charge in [0.2, 0.25) is 0 Å². The highest BCUT2D eigenvalue weighted by molar-refractivity contribution is 8.18. The van der Waals surface area contributed by atoms with Crippen molar-refractivity contribution < 1.29 is 19.1 Å². The number of thioether (sulfide) groups is 1. The van der Waals surface area contributed by atoms with Crippen LogP contribution in [0.4, 0.5) is 4.79 Å². The fourth-order valence-corrected chi connectivity index (χ4v) is 4.75. The smallest absolute Gasteiger partial charge is 0.293 e. The summed E-state index contributed by atoms with van der Waals surface area (Å²) in [5.41, 5.74) is 2.59. The molecular weight excluding hydrogens is 493 g/mol. The van der Waals surface area contributed by atoms with Crippen LogP contribution in [0.5, 0.6) is 11.5 Å². The number of carbonyl (C=O) groups excluding carboxylic acids is 2. The number of carbonyl (C=O) groups is 2. The van der Waals surface area contributed by atoms with Crippen molar-refractivity contribution >= 4 is 52.2 Å².